The number of imidazole rings is 1. The van der Waals surface area contributed by atoms with Crippen LogP contribution in [0.2, 0.25) is 0 Å². The van der Waals surface area contributed by atoms with Crippen LogP contribution in [0.25, 0.3) is 16.9 Å². The van der Waals surface area contributed by atoms with Crippen LogP contribution in [-0.2, 0) is 6.54 Å². The molecule has 23 heavy (non-hydrogen) atoms. The molecule has 0 atom stereocenters. The van der Waals surface area contributed by atoms with Crippen LogP contribution in [0.4, 0.5) is 0 Å². The lowest BCUT2D eigenvalue weighted by atomic mass is 10.1. The fourth-order valence-corrected chi connectivity index (χ4v) is 2.79. The average Bonchev–Trinajstić information content (AvgIpc) is 2.95. The Balaban J connectivity index is 2.06. The Morgan fingerprint density at radius 2 is 1.61 bits per heavy atom. The first-order valence-electron chi connectivity index (χ1n) is 7.79. The van der Waals surface area contributed by atoms with Crippen molar-refractivity contribution >= 4 is 5.65 Å². The number of aliphatic hydroxyl groups is 2. The summed E-state index contributed by atoms with van der Waals surface area (Å²) in [4.78, 5) is 6.80. The molecule has 3 aromatic rings. The van der Waals surface area contributed by atoms with Crippen molar-refractivity contribution in [1.29, 1.82) is 0 Å². The first-order chi connectivity index (χ1) is 11.3. The van der Waals surface area contributed by atoms with Crippen LogP contribution in [0.3, 0.4) is 0 Å². The van der Waals surface area contributed by atoms with Crippen LogP contribution in [-0.4, -0.2) is 50.8 Å². The van der Waals surface area contributed by atoms with Gasteiger partial charge in [0.25, 0.3) is 0 Å². The van der Waals surface area contributed by atoms with E-state index in [1.54, 1.807) is 0 Å². The zero-order valence-corrected chi connectivity index (χ0v) is 13.0. The van der Waals surface area contributed by atoms with Crippen molar-refractivity contribution in [2.45, 2.75) is 6.54 Å². The summed E-state index contributed by atoms with van der Waals surface area (Å²) in [6.45, 7) is 1.80. The highest BCUT2D eigenvalue weighted by Crippen LogP contribution is 2.25. The predicted molar refractivity (Wildman–Crippen MR) is 90.1 cm³/mol. The summed E-state index contributed by atoms with van der Waals surface area (Å²) < 4.78 is 2.07. The molecule has 0 bridgehead atoms. The van der Waals surface area contributed by atoms with E-state index in [4.69, 9.17) is 4.98 Å². The normalized spacial score (nSPS) is 11.4. The number of hydrogen-bond acceptors (Lipinski definition) is 4. The first-order valence-corrected chi connectivity index (χ1v) is 7.79. The standard InChI is InChI=1S/C18H21N3O2/c22-12-10-20(11-13-23)14-16-18(15-6-2-1-3-7-15)19-17-8-4-5-9-21(16)17/h1-9,22-23H,10-14H2. The minimum absolute atomic E-state index is 0.0669. The van der Waals surface area contributed by atoms with Crippen molar-refractivity contribution < 1.29 is 10.2 Å². The maximum Gasteiger partial charge on any atom is 0.137 e. The lowest BCUT2D eigenvalue weighted by Crippen LogP contribution is -2.30. The number of hydrogen-bond donors (Lipinski definition) is 2. The Bertz CT molecular complexity index is 749. The molecule has 0 amide bonds. The predicted octanol–water partition coefficient (Wildman–Crippen LogP) is 1.79. The highest BCUT2D eigenvalue weighted by Gasteiger charge is 2.16. The Kier molecular flexibility index (Phi) is 5.02. The average molecular weight is 311 g/mol. The van der Waals surface area contributed by atoms with E-state index in [2.05, 4.69) is 4.40 Å². The van der Waals surface area contributed by atoms with Gasteiger partial charge in [0, 0.05) is 31.4 Å². The molecule has 0 fully saturated rings. The van der Waals surface area contributed by atoms with Crippen LogP contribution < -0.4 is 0 Å². The molecule has 0 spiro atoms. The molecular weight excluding hydrogens is 290 g/mol. The second-order valence-corrected chi connectivity index (χ2v) is 5.43. The second kappa shape index (κ2) is 7.37. The van der Waals surface area contributed by atoms with E-state index < -0.39 is 0 Å². The number of fused-ring (bicyclic) bond motifs is 1. The van der Waals surface area contributed by atoms with Gasteiger partial charge in [0.05, 0.1) is 24.6 Å². The molecule has 2 aromatic heterocycles. The Hall–Kier alpha value is -2.21. The molecule has 0 aliphatic carbocycles. The third kappa shape index (κ3) is 3.42. The lowest BCUT2D eigenvalue weighted by Gasteiger charge is -2.20. The van der Waals surface area contributed by atoms with E-state index in [0.717, 1.165) is 22.6 Å². The fraction of sp³-hybridized carbons (Fsp3) is 0.278. The van der Waals surface area contributed by atoms with Gasteiger partial charge in [-0.3, -0.25) is 4.90 Å². The highest BCUT2D eigenvalue weighted by atomic mass is 16.3. The molecular formula is C18H21N3O2. The summed E-state index contributed by atoms with van der Waals surface area (Å²) in [5.74, 6) is 0. The Labute approximate surface area is 135 Å². The molecule has 1 aromatic carbocycles. The molecule has 0 radical (unpaired) electrons. The van der Waals surface area contributed by atoms with E-state index >= 15 is 0 Å². The molecule has 120 valence electrons. The van der Waals surface area contributed by atoms with Crippen LogP contribution in [0, 0.1) is 0 Å². The molecule has 3 rings (SSSR count). The van der Waals surface area contributed by atoms with Gasteiger partial charge in [0.2, 0.25) is 0 Å². The second-order valence-electron chi connectivity index (χ2n) is 5.43. The van der Waals surface area contributed by atoms with Gasteiger partial charge in [-0.25, -0.2) is 4.98 Å². The molecule has 0 aliphatic rings. The molecule has 2 N–H and O–H groups in total. The zero-order valence-electron chi connectivity index (χ0n) is 13.0. The molecule has 0 saturated carbocycles. The number of benzene rings is 1. The van der Waals surface area contributed by atoms with Crippen molar-refractivity contribution in [2.24, 2.45) is 0 Å². The van der Waals surface area contributed by atoms with Crippen molar-refractivity contribution in [2.75, 3.05) is 26.3 Å². The van der Waals surface area contributed by atoms with Crippen LogP contribution in [0.1, 0.15) is 5.69 Å². The lowest BCUT2D eigenvalue weighted by molar-refractivity contribution is 0.154. The van der Waals surface area contributed by atoms with E-state index in [0.29, 0.717) is 19.6 Å². The van der Waals surface area contributed by atoms with Gasteiger partial charge in [-0.15, -0.1) is 0 Å². The van der Waals surface area contributed by atoms with Gasteiger partial charge in [-0.1, -0.05) is 36.4 Å². The molecule has 5 nitrogen and oxygen atoms in total. The third-order valence-corrected chi connectivity index (χ3v) is 3.88. The summed E-state index contributed by atoms with van der Waals surface area (Å²) in [5.41, 5.74) is 3.97. The van der Waals surface area contributed by atoms with Gasteiger partial charge < -0.3 is 14.6 Å². The number of nitrogens with zero attached hydrogens (tertiary/aromatic N) is 3. The summed E-state index contributed by atoms with van der Waals surface area (Å²) in [7, 11) is 0. The van der Waals surface area contributed by atoms with Gasteiger partial charge in [-0.05, 0) is 12.1 Å². The van der Waals surface area contributed by atoms with Gasteiger partial charge in [-0.2, -0.15) is 0 Å². The summed E-state index contributed by atoms with van der Waals surface area (Å²) in [6, 6.07) is 16.0. The van der Waals surface area contributed by atoms with Gasteiger partial charge in [0.15, 0.2) is 0 Å². The van der Waals surface area contributed by atoms with Crippen LogP contribution in [0.15, 0.2) is 54.7 Å². The van der Waals surface area contributed by atoms with E-state index in [1.807, 2.05) is 59.6 Å². The summed E-state index contributed by atoms with van der Waals surface area (Å²) in [6.07, 6.45) is 2.00. The Morgan fingerprint density at radius 1 is 0.913 bits per heavy atom. The van der Waals surface area contributed by atoms with Crippen molar-refractivity contribution in [3.63, 3.8) is 0 Å². The number of rotatable bonds is 7. The Morgan fingerprint density at radius 3 is 2.30 bits per heavy atom. The van der Waals surface area contributed by atoms with Crippen molar-refractivity contribution in [3.05, 3.63) is 60.4 Å². The monoisotopic (exact) mass is 311 g/mol. The molecule has 0 aliphatic heterocycles. The largest absolute Gasteiger partial charge is 0.395 e. The van der Waals surface area contributed by atoms with Crippen molar-refractivity contribution in [3.8, 4) is 11.3 Å². The number of pyridine rings is 1. The summed E-state index contributed by atoms with van der Waals surface area (Å²) in [5, 5.41) is 18.5. The van der Waals surface area contributed by atoms with Gasteiger partial charge >= 0.3 is 0 Å². The molecule has 5 heteroatoms. The quantitative estimate of drug-likeness (QED) is 0.698. The van der Waals surface area contributed by atoms with E-state index in [1.165, 1.54) is 0 Å². The maximum absolute atomic E-state index is 9.25. The van der Waals surface area contributed by atoms with Gasteiger partial charge in [0.1, 0.15) is 5.65 Å². The van der Waals surface area contributed by atoms with E-state index in [-0.39, 0.29) is 13.2 Å². The molecule has 2 heterocycles. The molecule has 0 saturated heterocycles. The minimum Gasteiger partial charge on any atom is -0.395 e. The highest BCUT2D eigenvalue weighted by molar-refractivity contribution is 5.66. The number of aliphatic hydroxyl groups excluding tert-OH is 2. The fourth-order valence-electron chi connectivity index (χ4n) is 2.79. The maximum atomic E-state index is 9.25. The van der Waals surface area contributed by atoms with Crippen LogP contribution in [0.5, 0.6) is 0 Å². The van der Waals surface area contributed by atoms with Crippen LogP contribution >= 0.6 is 0 Å². The van der Waals surface area contributed by atoms with Crippen molar-refractivity contribution in [1.82, 2.24) is 14.3 Å². The third-order valence-electron chi connectivity index (χ3n) is 3.88. The van der Waals surface area contributed by atoms with E-state index in [9.17, 15) is 10.2 Å². The number of aromatic nitrogens is 2. The topological polar surface area (TPSA) is 61.0 Å². The summed E-state index contributed by atoms with van der Waals surface area (Å²) >= 11 is 0. The zero-order chi connectivity index (χ0) is 16.1. The first kappa shape index (κ1) is 15.7. The SMILES string of the molecule is OCCN(CCO)Cc1c(-c2ccccc2)nc2ccccn12. The minimum atomic E-state index is 0.0669. The smallest absolute Gasteiger partial charge is 0.137 e. The molecule has 0 unspecified atom stereocenters.